The Labute approximate surface area is 96.1 Å². The summed E-state index contributed by atoms with van der Waals surface area (Å²) < 4.78 is 22.8. The van der Waals surface area contributed by atoms with Gasteiger partial charge in [0.15, 0.2) is 9.84 Å². The quantitative estimate of drug-likeness (QED) is 0.375. The van der Waals surface area contributed by atoms with Crippen LogP contribution in [0.15, 0.2) is 0 Å². The van der Waals surface area contributed by atoms with Crippen LogP contribution in [0.4, 0.5) is 0 Å². The van der Waals surface area contributed by atoms with Gasteiger partial charge < -0.3 is 0 Å². The number of carbonyl (C=O) groups is 1. The normalized spacial score (nSPS) is 27.3. The van der Waals surface area contributed by atoms with Crippen LogP contribution in [0.5, 0.6) is 0 Å². The van der Waals surface area contributed by atoms with E-state index in [1.54, 1.807) is 0 Å². The zero-order valence-corrected chi connectivity index (χ0v) is 10.5. The molecular weight excluding hydrogens is 230 g/mol. The molecule has 1 rings (SSSR count). The summed E-state index contributed by atoms with van der Waals surface area (Å²) in [6.07, 6.45) is 0.293. The number of rotatable bonds is 3. The highest BCUT2D eigenvalue weighted by Crippen LogP contribution is 2.16. The van der Waals surface area contributed by atoms with Crippen molar-refractivity contribution in [1.82, 2.24) is 10.3 Å². The molecule has 3 N–H and O–H groups in total. The first-order valence-electron chi connectivity index (χ1n) is 5.31. The monoisotopic (exact) mass is 249 g/mol. The van der Waals surface area contributed by atoms with Gasteiger partial charge in [-0.25, -0.2) is 14.3 Å². The minimum Gasteiger partial charge on any atom is -0.295 e. The molecule has 0 saturated carbocycles. The zero-order valence-electron chi connectivity index (χ0n) is 9.64. The largest absolute Gasteiger partial charge is 0.295 e. The fourth-order valence-corrected chi connectivity index (χ4v) is 3.69. The molecule has 0 bridgehead atoms. The standard InChI is InChI=1S/C9H19N3O3S/c1-7(5-9(13)11-10)12-3-4-16(14,15)6-8(12)2/h7-8H,3-6,10H2,1-2H3,(H,11,13). The first-order chi connectivity index (χ1) is 7.35. The van der Waals surface area contributed by atoms with Crippen LogP contribution >= 0.6 is 0 Å². The van der Waals surface area contributed by atoms with Gasteiger partial charge in [-0.3, -0.25) is 15.1 Å². The van der Waals surface area contributed by atoms with E-state index in [1.807, 2.05) is 18.7 Å². The van der Waals surface area contributed by atoms with E-state index in [1.165, 1.54) is 0 Å². The highest BCUT2D eigenvalue weighted by atomic mass is 32.2. The van der Waals surface area contributed by atoms with Gasteiger partial charge in [0.1, 0.15) is 0 Å². The molecule has 94 valence electrons. The average Bonchev–Trinajstić information content (AvgIpc) is 2.15. The van der Waals surface area contributed by atoms with Crippen molar-refractivity contribution in [3.63, 3.8) is 0 Å². The molecule has 0 radical (unpaired) electrons. The Morgan fingerprint density at radius 2 is 2.25 bits per heavy atom. The Morgan fingerprint density at radius 1 is 1.62 bits per heavy atom. The van der Waals surface area contributed by atoms with Crippen LogP contribution in [0.25, 0.3) is 0 Å². The summed E-state index contributed by atoms with van der Waals surface area (Å²) in [5.74, 6) is 5.13. The van der Waals surface area contributed by atoms with Crippen LogP contribution in [0.1, 0.15) is 20.3 Å². The Balaban J connectivity index is 2.58. The number of sulfone groups is 1. The van der Waals surface area contributed by atoms with Crippen LogP contribution < -0.4 is 11.3 Å². The van der Waals surface area contributed by atoms with Gasteiger partial charge in [-0.1, -0.05) is 0 Å². The lowest BCUT2D eigenvalue weighted by atomic mass is 10.1. The minimum atomic E-state index is -2.90. The number of nitrogens with two attached hydrogens (primary N) is 1. The van der Waals surface area contributed by atoms with Crippen molar-refractivity contribution >= 4 is 15.7 Å². The van der Waals surface area contributed by atoms with Gasteiger partial charge in [0, 0.05) is 25.0 Å². The second-order valence-electron chi connectivity index (χ2n) is 4.32. The number of nitrogens with one attached hydrogen (secondary N) is 1. The smallest absolute Gasteiger partial charge is 0.235 e. The molecule has 7 heteroatoms. The molecule has 16 heavy (non-hydrogen) atoms. The van der Waals surface area contributed by atoms with Crippen molar-refractivity contribution < 1.29 is 13.2 Å². The molecule has 1 aliphatic rings. The summed E-state index contributed by atoms with van der Waals surface area (Å²) in [4.78, 5) is 13.2. The first kappa shape index (κ1) is 13.4. The lowest BCUT2D eigenvalue weighted by Crippen LogP contribution is -2.52. The number of nitrogens with zero attached hydrogens (tertiary/aromatic N) is 1. The molecular formula is C9H19N3O3S. The molecule has 1 saturated heterocycles. The number of carbonyl (C=O) groups excluding carboxylic acids is 1. The molecule has 1 heterocycles. The molecule has 6 nitrogen and oxygen atoms in total. The van der Waals surface area contributed by atoms with Crippen LogP contribution in [-0.2, 0) is 14.6 Å². The summed E-state index contributed by atoms with van der Waals surface area (Å²) in [5.41, 5.74) is 2.08. The van der Waals surface area contributed by atoms with Gasteiger partial charge in [-0.05, 0) is 13.8 Å². The summed E-state index contributed by atoms with van der Waals surface area (Å²) in [6.45, 7) is 4.26. The summed E-state index contributed by atoms with van der Waals surface area (Å²) >= 11 is 0. The van der Waals surface area contributed by atoms with Crippen molar-refractivity contribution in [2.75, 3.05) is 18.1 Å². The highest BCUT2D eigenvalue weighted by Gasteiger charge is 2.31. The van der Waals surface area contributed by atoms with Gasteiger partial charge in [0.05, 0.1) is 11.5 Å². The third-order valence-corrected chi connectivity index (χ3v) is 4.72. The van der Waals surface area contributed by atoms with E-state index in [4.69, 9.17) is 5.84 Å². The van der Waals surface area contributed by atoms with E-state index in [9.17, 15) is 13.2 Å². The number of amides is 1. The topological polar surface area (TPSA) is 92.5 Å². The van der Waals surface area contributed by atoms with Crippen LogP contribution in [0.2, 0.25) is 0 Å². The maximum Gasteiger partial charge on any atom is 0.235 e. The van der Waals surface area contributed by atoms with Crippen molar-refractivity contribution in [2.45, 2.75) is 32.4 Å². The van der Waals surface area contributed by atoms with Crippen LogP contribution in [0.3, 0.4) is 0 Å². The molecule has 2 atom stereocenters. The maximum atomic E-state index is 11.4. The molecule has 1 fully saturated rings. The number of hydrogen-bond acceptors (Lipinski definition) is 5. The molecule has 0 aromatic rings. The Hall–Kier alpha value is -0.660. The fourth-order valence-electron chi connectivity index (χ4n) is 2.11. The van der Waals surface area contributed by atoms with Crippen molar-refractivity contribution in [2.24, 2.45) is 5.84 Å². The molecule has 0 aliphatic carbocycles. The number of hydrazine groups is 1. The Morgan fingerprint density at radius 3 is 2.75 bits per heavy atom. The molecule has 1 amide bonds. The third kappa shape index (κ3) is 3.43. The van der Waals surface area contributed by atoms with E-state index < -0.39 is 9.84 Å². The van der Waals surface area contributed by atoms with Crippen molar-refractivity contribution in [3.8, 4) is 0 Å². The van der Waals surface area contributed by atoms with Crippen LogP contribution in [0, 0.1) is 0 Å². The Bertz CT molecular complexity index is 355. The van der Waals surface area contributed by atoms with E-state index >= 15 is 0 Å². The van der Waals surface area contributed by atoms with Crippen molar-refractivity contribution in [1.29, 1.82) is 0 Å². The fraction of sp³-hybridized carbons (Fsp3) is 0.889. The lowest BCUT2D eigenvalue weighted by molar-refractivity contribution is -0.122. The highest BCUT2D eigenvalue weighted by molar-refractivity contribution is 7.91. The summed E-state index contributed by atoms with van der Waals surface area (Å²) in [5, 5.41) is 0. The first-order valence-corrected chi connectivity index (χ1v) is 7.13. The molecule has 0 aromatic carbocycles. The van der Waals surface area contributed by atoms with Crippen molar-refractivity contribution in [3.05, 3.63) is 0 Å². The Kier molecular flexibility index (Phi) is 4.28. The van der Waals surface area contributed by atoms with Crippen LogP contribution in [-0.4, -0.2) is 49.4 Å². The average molecular weight is 249 g/mol. The van der Waals surface area contributed by atoms with Gasteiger partial charge >= 0.3 is 0 Å². The zero-order chi connectivity index (χ0) is 12.3. The van der Waals surface area contributed by atoms with E-state index in [0.717, 1.165) is 0 Å². The van der Waals surface area contributed by atoms with Gasteiger partial charge in [-0.2, -0.15) is 0 Å². The van der Waals surface area contributed by atoms with E-state index in [2.05, 4.69) is 5.43 Å². The second kappa shape index (κ2) is 5.11. The summed E-state index contributed by atoms with van der Waals surface area (Å²) in [6, 6.07) is -0.0339. The molecule has 1 aliphatic heterocycles. The predicted octanol–water partition coefficient (Wildman–Crippen LogP) is -1.13. The van der Waals surface area contributed by atoms with E-state index in [-0.39, 0.29) is 29.5 Å². The molecule has 2 unspecified atom stereocenters. The maximum absolute atomic E-state index is 11.4. The van der Waals surface area contributed by atoms with E-state index in [0.29, 0.717) is 13.0 Å². The molecule has 0 aromatic heterocycles. The SMILES string of the molecule is CC(CC(=O)NN)N1CCS(=O)(=O)CC1C. The van der Waals surface area contributed by atoms with Gasteiger partial charge in [0.25, 0.3) is 0 Å². The van der Waals surface area contributed by atoms with Gasteiger partial charge in [0.2, 0.25) is 5.91 Å². The van der Waals surface area contributed by atoms with Gasteiger partial charge in [-0.15, -0.1) is 0 Å². The summed E-state index contributed by atoms with van der Waals surface area (Å²) in [7, 11) is -2.90. The third-order valence-electron chi connectivity index (χ3n) is 2.93. The molecule has 0 spiro atoms. The minimum absolute atomic E-state index is 0.00838. The predicted molar refractivity (Wildman–Crippen MR) is 61.2 cm³/mol. The second-order valence-corrected chi connectivity index (χ2v) is 6.55. The lowest BCUT2D eigenvalue weighted by Gasteiger charge is -2.37. The number of hydrogen-bond donors (Lipinski definition) is 2.